The van der Waals surface area contributed by atoms with Crippen LogP contribution < -0.4 is 0 Å². The molecule has 0 saturated heterocycles. The lowest BCUT2D eigenvalue weighted by molar-refractivity contribution is 0.809. The number of pyridine rings is 1. The van der Waals surface area contributed by atoms with Crippen LogP contribution in [0.15, 0.2) is 164 Å². The Morgan fingerprint density at radius 2 is 0.911 bits per heavy atom. The van der Waals surface area contributed by atoms with Gasteiger partial charge in [-0.3, -0.25) is 0 Å². The van der Waals surface area contributed by atoms with Crippen molar-refractivity contribution >= 4 is 21.5 Å². The molecule has 0 bridgehead atoms. The van der Waals surface area contributed by atoms with Gasteiger partial charge in [0, 0.05) is 11.1 Å². The number of hydrogen-bond donors (Lipinski definition) is 0. The van der Waals surface area contributed by atoms with Crippen molar-refractivity contribution in [2.24, 2.45) is 0 Å². The molecule has 2 aliphatic rings. The first-order chi connectivity index (χ1) is 22.3. The molecule has 1 spiro atoms. The largest absolute Gasteiger partial charge is 0.248 e. The van der Waals surface area contributed by atoms with Crippen LogP contribution in [-0.2, 0) is 5.41 Å². The summed E-state index contributed by atoms with van der Waals surface area (Å²) < 4.78 is 0. The Morgan fingerprint density at radius 3 is 1.64 bits per heavy atom. The summed E-state index contributed by atoms with van der Waals surface area (Å²) in [5, 5.41) is 5.17. The average molecular weight is 570 g/mol. The second-order valence-electron chi connectivity index (χ2n) is 12.2. The first kappa shape index (κ1) is 24.6. The van der Waals surface area contributed by atoms with E-state index in [0.29, 0.717) is 0 Å². The molecule has 1 heteroatoms. The fraction of sp³-hybridized carbons (Fsp3) is 0.0227. The van der Waals surface area contributed by atoms with Crippen LogP contribution in [0.1, 0.15) is 22.3 Å². The molecule has 1 nitrogen and oxygen atoms in total. The standard InChI is InChI=1S/C44H27N/c1-2-14-30(15-3-1)39-22-11-23-40(45-39)36-19-10-21-38-41(36)35-18-8-9-20-37(35)44(38)42-31-16-6-4-12-28(31)24-26-33(42)34-27-25-29-13-5-7-17-32(29)43(34)44/h1-27H. The molecule has 0 fully saturated rings. The average Bonchev–Trinajstić information content (AvgIpc) is 3.60. The molecular formula is C44H27N. The van der Waals surface area contributed by atoms with E-state index in [2.05, 4.69) is 164 Å². The lowest BCUT2D eigenvalue weighted by atomic mass is 9.68. The van der Waals surface area contributed by atoms with Crippen molar-refractivity contribution in [2.45, 2.75) is 5.41 Å². The van der Waals surface area contributed by atoms with Gasteiger partial charge < -0.3 is 0 Å². The topological polar surface area (TPSA) is 12.9 Å². The molecule has 10 rings (SSSR count). The fourth-order valence-electron chi connectivity index (χ4n) is 8.36. The molecule has 0 N–H and O–H groups in total. The van der Waals surface area contributed by atoms with Crippen LogP contribution >= 0.6 is 0 Å². The van der Waals surface area contributed by atoms with Crippen LogP contribution in [0.2, 0.25) is 0 Å². The van der Waals surface area contributed by atoms with Gasteiger partial charge >= 0.3 is 0 Å². The van der Waals surface area contributed by atoms with Gasteiger partial charge in [-0.25, -0.2) is 4.98 Å². The summed E-state index contributed by atoms with van der Waals surface area (Å²) in [4.78, 5) is 5.27. The van der Waals surface area contributed by atoms with Crippen LogP contribution in [-0.4, -0.2) is 4.98 Å². The van der Waals surface area contributed by atoms with Gasteiger partial charge in [-0.2, -0.15) is 0 Å². The van der Waals surface area contributed by atoms with Gasteiger partial charge in [0.05, 0.1) is 16.8 Å². The summed E-state index contributed by atoms with van der Waals surface area (Å²) in [6.45, 7) is 0. The third-order valence-corrected chi connectivity index (χ3v) is 10.1. The van der Waals surface area contributed by atoms with Crippen LogP contribution in [0, 0.1) is 0 Å². The third-order valence-electron chi connectivity index (χ3n) is 10.1. The second kappa shape index (κ2) is 9.11. The Hall–Kier alpha value is -5.79. The second-order valence-corrected chi connectivity index (χ2v) is 12.2. The van der Waals surface area contributed by atoms with Crippen molar-refractivity contribution in [2.75, 3.05) is 0 Å². The lowest BCUT2D eigenvalue weighted by Crippen LogP contribution is -2.26. The molecule has 7 aromatic carbocycles. The van der Waals surface area contributed by atoms with Gasteiger partial charge in [0.1, 0.15) is 0 Å². The van der Waals surface area contributed by atoms with Crippen molar-refractivity contribution in [3.05, 3.63) is 186 Å². The summed E-state index contributed by atoms with van der Waals surface area (Å²) in [5.41, 5.74) is 14.5. The molecule has 0 amide bonds. The molecule has 208 valence electrons. The molecule has 45 heavy (non-hydrogen) atoms. The first-order valence-electron chi connectivity index (χ1n) is 15.6. The predicted octanol–water partition coefficient (Wildman–Crippen LogP) is 11.1. The predicted molar refractivity (Wildman–Crippen MR) is 186 cm³/mol. The number of aromatic nitrogens is 1. The van der Waals surface area contributed by atoms with Crippen molar-refractivity contribution in [3.63, 3.8) is 0 Å². The minimum atomic E-state index is -0.467. The molecule has 8 aromatic rings. The van der Waals surface area contributed by atoms with Crippen molar-refractivity contribution in [1.82, 2.24) is 4.98 Å². The van der Waals surface area contributed by atoms with Gasteiger partial charge in [-0.1, -0.05) is 152 Å². The molecule has 0 saturated carbocycles. The molecule has 0 unspecified atom stereocenters. The van der Waals surface area contributed by atoms with Crippen LogP contribution in [0.3, 0.4) is 0 Å². The van der Waals surface area contributed by atoms with Crippen molar-refractivity contribution in [1.29, 1.82) is 0 Å². The number of nitrogens with zero attached hydrogens (tertiary/aromatic N) is 1. The van der Waals surface area contributed by atoms with E-state index in [1.165, 1.54) is 71.6 Å². The van der Waals surface area contributed by atoms with E-state index in [9.17, 15) is 0 Å². The summed E-state index contributed by atoms with van der Waals surface area (Å²) in [7, 11) is 0. The highest BCUT2D eigenvalue weighted by atomic mass is 14.7. The lowest BCUT2D eigenvalue weighted by Gasteiger charge is -2.32. The highest BCUT2D eigenvalue weighted by molar-refractivity contribution is 6.10. The Labute approximate surface area is 262 Å². The molecular weight excluding hydrogens is 542 g/mol. The van der Waals surface area contributed by atoms with Gasteiger partial charge in [0.25, 0.3) is 0 Å². The van der Waals surface area contributed by atoms with E-state index >= 15 is 0 Å². The zero-order chi connectivity index (χ0) is 29.5. The van der Waals surface area contributed by atoms with E-state index in [1.54, 1.807) is 0 Å². The van der Waals surface area contributed by atoms with E-state index in [1.807, 2.05) is 0 Å². The van der Waals surface area contributed by atoms with Gasteiger partial charge in [0.15, 0.2) is 0 Å². The number of hydrogen-bond acceptors (Lipinski definition) is 1. The number of fused-ring (bicyclic) bond motifs is 14. The molecule has 0 radical (unpaired) electrons. The zero-order valence-electron chi connectivity index (χ0n) is 24.5. The Kier molecular flexibility index (Phi) is 4.99. The minimum Gasteiger partial charge on any atom is -0.248 e. The number of rotatable bonds is 2. The van der Waals surface area contributed by atoms with Gasteiger partial charge in [0.2, 0.25) is 0 Å². The summed E-state index contributed by atoms with van der Waals surface area (Å²) in [5.74, 6) is 0. The number of benzene rings is 7. The maximum atomic E-state index is 5.27. The SMILES string of the molecule is c1ccc(-c2cccc(-c3cccc4c3-c3ccccc3C43c4c(ccc5ccccc45)-c4ccc5ccccc5c43)n2)cc1. The Balaban J connectivity index is 1.37. The van der Waals surface area contributed by atoms with Gasteiger partial charge in [-0.05, 0) is 78.2 Å². The molecule has 2 aliphatic carbocycles. The van der Waals surface area contributed by atoms with Crippen LogP contribution in [0.4, 0.5) is 0 Å². The van der Waals surface area contributed by atoms with Crippen molar-refractivity contribution < 1.29 is 0 Å². The maximum Gasteiger partial charge on any atom is 0.0737 e. The summed E-state index contributed by atoms with van der Waals surface area (Å²) in [6, 6.07) is 60.0. The quantitative estimate of drug-likeness (QED) is 0.202. The normalized spacial score (nSPS) is 13.5. The highest BCUT2D eigenvalue weighted by Gasteiger charge is 2.53. The fourth-order valence-corrected chi connectivity index (χ4v) is 8.36. The zero-order valence-corrected chi connectivity index (χ0v) is 24.5. The molecule has 0 aliphatic heterocycles. The van der Waals surface area contributed by atoms with Crippen LogP contribution in [0.5, 0.6) is 0 Å². The van der Waals surface area contributed by atoms with E-state index in [-0.39, 0.29) is 0 Å². The Morgan fingerprint density at radius 1 is 0.356 bits per heavy atom. The van der Waals surface area contributed by atoms with Gasteiger partial charge in [-0.15, -0.1) is 0 Å². The summed E-state index contributed by atoms with van der Waals surface area (Å²) >= 11 is 0. The molecule has 1 heterocycles. The van der Waals surface area contributed by atoms with E-state index in [0.717, 1.165) is 17.0 Å². The monoisotopic (exact) mass is 569 g/mol. The first-order valence-corrected chi connectivity index (χ1v) is 15.6. The third kappa shape index (κ3) is 3.20. The Bertz CT molecular complexity index is 2400. The van der Waals surface area contributed by atoms with Crippen molar-refractivity contribution in [3.8, 4) is 44.8 Å². The van der Waals surface area contributed by atoms with Crippen LogP contribution in [0.25, 0.3) is 66.3 Å². The smallest absolute Gasteiger partial charge is 0.0737 e. The molecule has 0 atom stereocenters. The summed E-state index contributed by atoms with van der Waals surface area (Å²) in [6.07, 6.45) is 0. The minimum absolute atomic E-state index is 0.467. The van der Waals surface area contributed by atoms with E-state index in [4.69, 9.17) is 4.98 Å². The maximum absolute atomic E-state index is 5.27. The van der Waals surface area contributed by atoms with E-state index < -0.39 is 5.41 Å². The molecule has 1 aromatic heterocycles. The highest BCUT2D eigenvalue weighted by Crippen LogP contribution is 2.66.